The molecule has 0 atom stereocenters. The predicted molar refractivity (Wildman–Crippen MR) is 170 cm³/mol. The number of hydrogen-bond acceptors (Lipinski definition) is 1. The maximum absolute atomic E-state index is 5.04. The third-order valence-corrected chi connectivity index (χ3v) is 7.79. The molecule has 0 spiro atoms. The van der Waals surface area contributed by atoms with Gasteiger partial charge in [0, 0.05) is 25.5 Å². The summed E-state index contributed by atoms with van der Waals surface area (Å²) in [6, 6.07) is 39.0. The second-order valence-corrected chi connectivity index (χ2v) is 11.2. The van der Waals surface area contributed by atoms with Crippen molar-refractivity contribution in [3.05, 3.63) is 137 Å². The Balaban J connectivity index is 0.00000302. The zero-order valence-corrected chi connectivity index (χ0v) is 26.1. The fraction of sp³-hybridized carbons (Fsp3) is 0.103. The molecule has 2 heteroatoms. The van der Waals surface area contributed by atoms with Crippen molar-refractivity contribution < 1.29 is 20.1 Å². The number of aromatic nitrogens is 1. The summed E-state index contributed by atoms with van der Waals surface area (Å²) < 4.78 is 0. The van der Waals surface area contributed by atoms with Gasteiger partial charge < -0.3 is 0 Å². The Morgan fingerprint density at radius 1 is 0.512 bits per heavy atom. The van der Waals surface area contributed by atoms with E-state index >= 15 is 0 Å². The van der Waals surface area contributed by atoms with Crippen LogP contribution in [0.15, 0.2) is 97.1 Å². The van der Waals surface area contributed by atoms with E-state index in [1.165, 1.54) is 66.6 Å². The average molecular weight is 705 g/mol. The summed E-state index contributed by atoms with van der Waals surface area (Å²) in [6.45, 7) is 8.68. The molecule has 0 saturated heterocycles. The molecule has 1 aromatic heterocycles. The van der Waals surface area contributed by atoms with Crippen molar-refractivity contribution in [3.63, 3.8) is 0 Å². The first-order valence-corrected chi connectivity index (χ1v) is 13.9. The van der Waals surface area contributed by atoms with Crippen molar-refractivity contribution in [2.24, 2.45) is 0 Å². The average Bonchev–Trinajstić information content (AvgIpc) is 3.36. The molecule has 1 radical (unpaired) electrons. The summed E-state index contributed by atoms with van der Waals surface area (Å²) in [5.74, 6) is 0. The maximum Gasteiger partial charge on any atom is 0.0607 e. The van der Waals surface area contributed by atoms with Crippen LogP contribution in [0.2, 0.25) is 0 Å². The van der Waals surface area contributed by atoms with Gasteiger partial charge in [-0.3, -0.25) is 4.98 Å². The Labute approximate surface area is 256 Å². The van der Waals surface area contributed by atoms with E-state index in [1.807, 2.05) is 6.07 Å². The van der Waals surface area contributed by atoms with Crippen molar-refractivity contribution in [2.75, 3.05) is 0 Å². The standard InChI is InChI=1S/C39H30N.Ir/c1-24-13-25(2)16-32(15-24)35-20-34(21-36(22-35)33-17-26(3)14-27(4)18-33)29-8-5-9-30(19-29)38-23-31-12-11-28-7-6-10-37(40-38)39(28)31;/h5-8,10-23H,1-4H3;/q-1;. The molecule has 0 unspecified atom stereocenters. The van der Waals surface area contributed by atoms with Gasteiger partial charge in [-0.2, -0.15) is 0 Å². The summed E-state index contributed by atoms with van der Waals surface area (Å²) >= 11 is 0. The zero-order valence-electron chi connectivity index (χ0n) is 23.7. The van der Waals surface area contributed by atoms with Crippen LogP contribution in [0.5, 0.6) is 0 Å². The number of nitrogens with zero attached hydrogens (tertiary/aromatic N) is 1. The van der Waals surface area contributed by atoms with Gasteiger partial charge in [-0.05, 0) is 96.6 Å². The molecule has 0 aliphatic heterocycles. The third-order valence-electron chi connectivity index (χ3n) is 7.79. The van der Waals surface area contributed by atoms with Crippen molar-refractivity contribution in [1.82, 2.24) is 4.98 Å². The summed E-state index contributed by atoms with van der Waals surface area (Å²) in [7, 11) is 0. The molecule has 6 aromatic rings. The Morgan fingerprint density at radius 3 is 1.66 bits per heavy atom. The molecular formula is C39H30IrN-. The first-order chi connectivity index (χ1) is 19.4. The van der Waals surface area contributed by atoms with E-state index in [1.54, 1.807) is 0 Å². The van der Waals surface area contributed by atoms with E-state index in [0.717, 1.165) is 22.3 Å². The Morgan fingerprint density at radius 2 is 1.05 bits per heavy atom. The summed E-state index contributed by atoms with van der Waals surface area (Å²) in [6.07, 6.45) is 4.37. The molecule has 1 nitrogen and oxygen atoms in total. The van der Waals surface area contributed by atoms with Gasteiger partial charge >= 0.3 is 0 Å². The minimum absolute atomic E-state index is 0. The molecule has 0 saturated carbocycles. The van der Waals surface area contributed by atoms with Crippen molar-refractivity contribution in [3.8, 4) is 44.6 Å². The second-order valence-electron chi connectivity index (χ2n) is 11.2. The van der Waals surface area contributed by atoms with Crippen LogP contribution in [0.4, 0.5) is 0 Å². The first kappa shape index (κ1) is 27.1. The van der Waals surface area contributed by atoms with Gasteiger partial charge in [0.15, 0.2) is 0 Å². The zero-order chi connectivity index (χ0) is 27.4. The number of hydrogen-bond donors (Lipinski definition) is 0. The molecular weight excluding hydrogens is 675 g/mol. The molecule has 7 rings (SSSR count). The smallest absolute Gasteiger partial charge is 0.0607 e. The first-order valence-electron chi connectivity index (χ1n) is 13.9. The molecule has 1 aliphatic carbocycles. The van der Waals surface area contributed by atoms with Gasteiger partial charge in [0.25, 0.3) is 0 Å². The van der Waals surface area contributed by atoms with Crippen LogP contribution in [0.1, 0.15) is 33.4 Å². The Kier molecular flexibility index (Phi) is 7.07. The van der Waals surface area contributed by atoms with Gasteiger partial charge in [-0.15, -0.1) is 35.4 Å². The molecule has 0 fully saturated rings. The van der Waals surface area contributed by atoms with Crippen LogP contribution in [0, 0.1) is 33.8 Å². The van der Waals surface area contributed by atoms with Crippen molar-refractivity contribution in [2.45, 2.75) is 27.7 Å². The number of aryl methyl sites for hydroxylation is 4. The largest absolute Gasteiger partial charge is 0.296 e. The molecule has 0 amide bonds. The Bertz CT molecular complexity index is 1890. The molecule has 201 valence electrons. The second kappa shape index (κ2) is 10.7. The van der Waals surface area contributed by atoms with E-state index < -0.39 is 0 Å². The van der Waals surface area contributed by atoms with E-state index in [4.69, 9.17) is 4.98 Å². The van der Waals surface area contributed by atoms with Gasteiger partial charge in [0.1, 0.15) is 0 Å². The van der Waals surface area contributed by atoms with E-state index in [0.29, 0.717) is 0 Å². The summed E-state index contributed by atoms with van der Waals surface area (Å²) in [4.78, 5) is 5.04. The fourth-order valence-corrected chi connectivity index (χ4v) is 6.14. The SMILES string of the molecule is Cc1cc(C)cc(-c2cc(-c3cc[c-]c(-c4cc5c6c(cccc6n4)C=C5)c3)cc(-c3cc(C)cc(C)c3)c2)c1.[Ir]. The summed E-state index contributed by atoms with van der Waals surface area (Å²) in [5.41, 5.74) is 17.8. The van der Waals surface area contributed by atoms with Crippen LogP contribution in [-0.4, -0.2) is 4.98 Å². The van der Waals surface area contributed by atoms with Crippen LogP contribution in [0.25, 0.3) is 67.7 Å². The third kappa shape index (κ3) is 5.22. The van der Waals surface area contributed by atoms with Crippen LogP contribution in [0.3, 0.4) is 0 Å². The van der Waals surface area contributed by atoms with Gasteiger partial charge in [-0.1, -0.05) is 89.0 Å². The van der Waals surface area contributed by atoms with E-state index in [9.17, 15) is 0 Å². The molecule has 41 heavy (non-hydrogen) atoms. The van der Waals surface area contributed by atoms with E-state index in [-0.39, 0.29) is 20.1 Å². The van der Waals surface area contributed by atoms with Crippen LogP contribution in [-0.2, 0) is 20.1 Å². The molecule has 0 bridgehead atoms. The minimum Gasteiger partial charge on any atom is -0.296 e. The molecule has 1 heterocycles. The predicted octanol–water partition coefficient (Wildman–Crippen LogP) is 10.4. The number of benzene rings is 5. The maximum atomic E-state index is 5.04. The molecule has 1 aliphatic rings. The van der Waals surface area contributed by atoms with E-state index in [2.05, 4.69) is 137 Å². The van der Waals surface area contributed by atoms with Gasteiger partial charge in [-0.25, -0.2) is 0 Å². The molecule has 5 aromatic carbocycles. The minimum atomic E-state index is 0. The normalized spacial score (nSPS) is 11.6. The Hall–Kier alpha value is -4.10. The van der Waals surface area contributed by atoms with Crippen molar-refractivity contribution >= 4 is 23.1 Å². The molecule has 0 N–H and O–H groups in total. The van der Waals surface area contributed by atoms with Crippen LogP contribution < -0.4 is 0 Å². The van der Waals surface area contributed by atoms with Crippen molar-refractivity contribution in [1.29, 1.82) is 0 Å². The quantitative estimate of drug-likeness (QED) is 0.166. The van der Waals surface area contributed by atoms with Gasteiger partial charge in [0.2, 0.25) is 0 Å². The number of pyridine rings is 1. The topological polar surface area (TPSA) is 12.9 Å². The fourth-order valence-electron chi connectivity index (χ4n) is 6.14. The van der Waals surface area contributed by atoms with Crippen LogP contribution >= 0.6 is 0 Å². The monoisotopic (exact) mass is 705 g/mol. The number of rotatable bonds is 4. The van der Waals surface area contributed by atoms with Gasteiger partial charge in [0.05, 0.1) is 5.52 Å². The summed E-state index contributed by atoms with van der Waals surface area (Å²) in [5, 5.41) is 1.24.